The van der Waals surface area contributed by atoms with Crippen molar-refractivity contribution < 1.29 is 8.78 Å². The Morgan fingerprint density at radius 3 is 1.54 bits per heavy atom. The fraction of sp³-hybridized carbons (Fsp3) is 0.308. The predicted octanol–water partition coefficient (Wildman–Crippen LogP) is 6.93. The van der Waals surface area contributed by atoms with Crippen LogP contribution >= 0.6 is 0 Å². The van der Waals surface area contributed by atoms with Crippen LogP contribution in [0.5, 0.6) is 0 Å². The molecule has 0 fully saturated rings. The Morgan fingerprint density at radius 1 is 0.643 bits per heavy atom. The van der Waals surface area contributed by atoms with Crippen molar-refractivity contribution in [3.05, 3.63) is 82.4 Å². The Bertz CT molecular complexity index is 895. The van der Waals surface area contributed by atoms with Gasteiger partial charge < -0.3 is 0 Å². The molecule has 0 amide bonds. The average molecular weight is 376 g/mol. The summed E-state index contributed by atoms with van der Waals surface area (Å²) in [5, 5.41) is 0. The van der Waals surface area contributed by atoms with Crippen LogP contribution in [0.3, 0.4) is 0 Å². The highest BCUT2D eigenvalue weighted by Gasteiger charge is 2.00. The van der Waals surface area contributed by atoms with Crippen LogP contribution in [-0.4, -0.2) is 0 Å². The van der Waals surface area contributed by atoms with Gasteiger partial charge in [-0.1, -0.05) is 69.2 Å². The number of hydrogen-bond acceptors (Lipinski definition) is 0. The molecule has 0 heterocycles. The van der Waals surface area contributed by atoms with Gasteiger partial charge >= 0.3 is 0 Å². The van der Waals surface area contributed by atoms with Crippen molar-refractivity contribution in [3.8, 4) is 23.7 Å². The first-order valence-electron chi connectivity index (χ1n) is 9.89. The number of allylic oxidation sites excluding steroid dienone is 2. The van der Waals surface area contributed by atoms with Crippen LogP contribution in [0.1, 0.15) is 61.8 Å². The van der Waals surface area contributed by atoms with Gasteiger partial charge in [0.05, 0.1) is 0 Å². The molecule has 2 rings (SSSR count). The molecule has 0 unspecified atom stereocenters. The van der Waals surface area contributed by atoms with E-state index < -0.39 is 11.7 Å². The van der Waals surface area contributed by atoms with E-state index in [2.05, 4.69) is 37.5 Å². The number of halogens is 2. The lowest BCUT2D eigenvalue weighted by Crippen LogP contribution is -1.85. The van der Waals surface area contributed by atoms with E-state index in [4.69, 9.17) is 0 Å². The lowest BCUT2D eigenvalue weighted by atomic mass is 10.1. The number of benzene rings is 2. The summed E-state index contributed by atoms with van der Waals surface area (Å²) in [7, 11) is 0. The molecular formula is C26H26F2. The van der Waals surface area contributed by atoms with Gasteiger partial charge in [0.15, 0.2) is 0 Å². The first-order valence-corrected chi connectivity index (χ1v) is 9.89. The molecule has 144 valence electrons. The number of rotatable bonds is 6. The highest BCUT2D eigenvalue weighted by atomic mass is 19.2. The molecule has 28 heavy (non-hydrogen) atoms. The summed E-state index contributed by atoms with van der Waals surface area (Å²) in [6.07, 6.45) is 6.64. The second-order valence-corrected chi connectivity index (χ2v) is 6.73. The molecule has 0 nitrogen and oxygen atoms in total. The lowest BCUT2D eigenvalue weighted by Gasteiger charge is -2.00. The summed E-state index contributed by atoms with van der Waals surface area (Å²) in [4.78, 5) is 0. The van der Waals surface area contributed by atoms with E-state index in [9.17, 15) is 8.78 Å². The Morgan fingerprint density at radius 2 is 1.11 bits per heavy atom. The summed E-state index contributed by atoms with van der Waals surface area (Å²) in [6, 6.07) is 15.2. The van der Waals surface area contributed by atoms with Crippen molar-refractivity contribution in [1.29, 1.82) is 0 Å². The zero-order chi connectivity index (χ0) is 20.2. The second-order valence-electron chi connectivity index (χ2n) is 6.73. The second kappa shape index (κ2) is 11.8. The molecule has 0 aliphatic rings. The van der Waals surface area contributed by atoms with Crippen LogP contribution in [0.2, 0.25) is 0 Å². The molecule has 0 bridgehead atoms. The lowest BCUT2D eigenvalue weighted by molar-refractivity contribution is 0.584. The van der Waals surface area contributed by atoms with Gasteiger partial charge in [0.2, 0.25) is 11.7 Å². The van der Waals surface area contributed by atoms with Crippen molar-refractivity contribution in [2.45, 2.75) is 52.4 Å². The number of hydrogen-bond donors (Lipinski definition) is 0. The first-order chi connectivity index (χ1) is 13.6. The van der Waals surface area contributed by atoms with E-state index in [1.807, 2.05) is 48.5 Å². The Kier molecular flexibility index (Phi) is 9.03. The van der Waals surface area contributed by atoms with Crippen LogP contribution < -0.4 is 0 Å². The quantitative estimate of drug-likeness (QED) is 0.379. The highest BCUT2D eigenvalue weighted by molar-refractivity contribution is 5.45. The smallest absolute Gasteiger partial charge is 0.193 e. The van der Waals surface area contributed by atoms with Crippen LogP contribution in [0, 0.1) is 23.7 Å². The molecule has 2 aromatic rings. The van der Waals surface area contributed by atoms with Gasteiger partial charge in [-0.3, -0.25) is 0 Å². The fourth-order valence-corrected chi connectivity index (χ4v) is 2.74. The zero-order valence-corrected chi connectivity index (χ0v) is 16.6. The minimum Gasteiger partial charge on any atom is -0.193 e. The van der Waals surface area contributed by atoms with Gasteiger partial charge in [0.1, 0.15) is 0 Å². The topological polar surface area (TPSA) is 0 Å². The number of aryl methyl sites for hydroxylation is 2. The predicted molar refractivity (Wildman–Crippen MR) is 113 cm³/mol. The molecule has 0 aliphatic carbocycles. The van der Waals surface area contributed by atoms with Crippen LogP contribution in [0.25, 0.3) is 0 Å². The van der Waals surface area contributed by atoms with Gasteiger partial charge in [-0.2, -0.15) is 8.78 Å². The van der Waals surface area contributed by atoms with Gasteiger partial charge in [0, 0.05) is 11.1 Å². The summed E-state index contributed by atoms with van der Waals surface area (Å²) >= 11 is 0. The van der Waals surface area contributed by atoms with E-state index >= 15 is 0 Å². The molecule has 0 saturated heterocycles. The van der Waals surface area contributed by atoms with E-state index in [1.54, 1.807) is 0 Å². The minimum absolute atomic E-state index is 0.648. The molecule has 2 heteroatoms. The molecule has 0 saturated carbocycles. The van der Waals surface area contributed by atoms with Crippen molar-refractivity contribution in [2.75, 3.05) is 0 Å². The molecule has 2 aromatic carbocycles. The molecule has 0 N–H and O–H groups in total. The van der Waals surface area contributed by atoms with Crippen molar-refractivity contribution in [3.63, 3.8) is 0 Å². The third-order valence-corrected chi connectivity index (χ3v) is 4.34. The summed E-state index contributed by atoms with van der Waals surface area (Å²) < 4.78 is 27.7. The molecule has 0 aromatic heterocycles. The SMILES string of the molecule is CCCCCc1ccc(C#CC(F)=C(F)C#Cc2ccc(CCC)cc2)cc1. The van der Waals surface area contributed by atoms with Gasteiger partial charge in [0.25, 0.3) is 0 Å². The molecular weight excluding hydrogens is 350 g/mol. The highest BCUT2D eigenvalue weighted by Crippen LogP contribution is 2.11. The van der Waals surface area contributed by atoms with Gasteiger partial charge in [-0.15, -0.1) is 0 Å². The zero-order valence-electron chi connectivity index (χ0n) is 16.6. The minimum atomic E-state index is -1.14. The standard InChI is InChI=1S/C26H26F2/c1-3-5-6-8-22-11-15-24(16-12-22)18-20-26(28)25(27)19-17-23-13-9-21(7-4-2)10-14-23/h9-16H,3-8H2,1-2H3. The summed E-state index contributed by atoms with van der Waals surface area (Å²) in [5.74, 6) is 7.44. The molecule has 0 radical (unpaired) electrons. The fourth-order valence-electron chi connectivity index (χ4n) is 2.74. The Hall–Kier alpha value is -2.84. The van der Waals surface area contributed by atoms with Gasteiger partial charge in [-0.05, 0) is 66.5 Å². The van der Waals surface area contributed by atoms with Crippen LogP contribution in [0.15, 0.2) is 60.2 Å². The summed E-state index contributed by atoms with van der Waals surface area (Å²) in [6.45, 7) is 4.28. The van der Waals surface area contributed by atoms with Crippen molar-refractivity contribution in [1.82, 2.24) is 0 Å². The van der Waals surface area contributed by atoms with E-state index in [1.165, 1.54) is 24.0 Å². The molecule has 0 atom stereocenters. The van der Waals surface area contributed by atoms with Crippen LogP contribution in [-0.2, 0) is 12.8 Å². The maximum atomic E-state index is 13.9. The van der Waals surface area contributed by atoms with E-state index in [0.717, 1.165) is 25.7 Å². The van der Waals surface area contributed by atoms with Crippen LogP contribution in [0.4, 0.5) is 8.78 Å². The van der Waals surface area contributed by atoms with Crippen molar-refractivity contribution in [2.24, 2.45) is 0 Å². The number of unbranched alkanes of at least 4 members (excludes halogenated alkanes) is 2. The third-order valence-electron chi connectivity index (χ3n) is 4.34. The average Bonchev–Trinajstić information content (AvgIpc) is 2.72. The molecule has 0 aliphatic heterocycles. The first kappa shape index (κ1) is 21.5. The maximum Gasteiger partial charge on any atom is 0.217 e. The third kappa shape index (κ3) is 7.42. The normalized spacial score (nSPS) is 11.0. The van der Waals surface area contributed by atoms with Gasteiger partial charge in [-0.25, -0.2) is 0 Å². The Labute approximate surface area is 167 Å². The van der Waals surface area contributed by atoms with E-state index in [-0.39, 0.29) is 0 Å². The molecule has 0 spiro atoms. The Balaban J connectivity index is 2.01. The van der Waals surface area contributed by atoms with Crippen molar-refractivity contribution >= 4 is 0 Å². The maximum absolute atomic E-state index is 13.9. The summed E-state index contributed by atoms with van der Waals surface area (Å²) in [5.41, 5.74) is 3.74. The van der Waals surface area contributed by atoms with E-state index in [0.29, 0.717) is 11.1 Å². The largest absolute Gasteiger partial charge is 0.217 e. The monoisotopic (exact) mass is 376 g/mol.